The van der Waals surface area contributed by atoms with Gasteiger partial charge < -0.3 is 4.74 Å². The van der Waals surface area contributed by atoms with Gasteiger partial charge in [-0.1, -0.05) is 30.3 Å². The number of nitrogens with zero attached hydrogens (tertiary/aromatic N) is 1. The van der Waals surface area contributed by atoms with Crippen LogP contribution in [-0.2, 0) is 9.59 Å². The molecule has 2 N–H and O–H groups in total. The lowest BCUT2D eigenvalue weighted by Crippen LogP contribution is -2.43. The average Bonchev–Trinajstić information content (AvgIpc) is 2.64. The van der Waals surface area contributed by atoms with E-state index in [1.807, 2.05) is 0 Å². The van der Waals surface area contributed by atoms with Gasteiger partial charge in [0, 0.05) is 17.7 Å². The lowest BCUT2D eigenvalue weighted by molar-refractivity contribution is -0.385. The van der Waals surface area contributed by atoms with E-state index in [4.69, 9.17) is 4.74 Å². The molecule has 0 saturated heterocycles. The molecular weight excluding hydrogens is 345 g/mol. The lowest BCUT2D eigenvalue weighted by atomic mass is 10.2. The summed E-state index contributed by atoms with van der Waals surface area (Å²) < 4.78 is 18.5. The van der Waals surface area contributed by atoms with Crippen molar-refractivity contribution in [3.8, 4) is 5.75 Å². The molecule has 0 fully saturated rings. The van der Waals surface area contributed by atoms with Crippen LogP contribution in [0.25, 0.3) is 6.08 Å². The number of nitrogens with one attached hydrogen (secondary N) is 2. The van der Waals surface area contributed by atoms with Crippen LogP contribution in [0, 0.1) is 15.9 Å². The van der Waals surface area contributed by atoms with Crippen LogP contribution in [0.3, 0.4) is 0 Å². The van der Waals surface area contributed by atoms with Gasteiger partial charge >= 0.3 is 5.69 Å². The van der Waals surface area contributed by atoms with Gasteiger partial charge in [0.2, 0.25) is 0 Å². The van der Waals surface area contributed by atoms with Crippen LogP contribution in [0.1, 0.15) is 5.56 Å². The monoisotopic (exact) mass is 359 g/mol. The number of hydrazine groups is 1. The van der Waals surface area contributed by atoms with Crippen LogP contribution in [0.5, 0.6) is 5.75 Å². The Kier molecular flexibility index (Phi) is 6.38. The molecule has 8 nitrogen and oxygen atoms in total. The Bertz CT molecular complexity index is 854. The number of nitro groups is 1. The molecule has 0 aromatic heterocycles. The standard InChI is InChI=1S/C17H14FN3O5/c18-13-6-2-1-5-12(13)9-10-16(22)19-20-17(23)11-26-15-8-4-3-7-14(15)21(24)25/h1-10H,11H2,(H,19,22)(H,20,23)/b10-9+. The minimum Gasteiger partial charge on any atom is -0.477 e. The second-order valence-electron chi connectivity index (χ2n) is 4.91. The van der Waals surface area contributed by atoms with Crippen LogP contribution >= 0.6 is 0 Å². The van der Waals surface area contributed by atoms with Gasteiger partial charge in [-0.05, 0) is 18.2 Å². The third-order valence-corrected chi connectivity index (χ3v) is 3.07. The van der Waals surface area contributed by atoms with Crippen molar-refractivity contribution in [2.45, 2.75) is 0 Å². The number of nitro benzene ring substituents is 1. The molecule has 2 rings (SSSR count). The van der Waals surface area contributed by atoms with Crippen molar-refractivity contribution in [1.29, 1.82) is 0 Å². The van der Waals surface area contributed by atoms with Gasteiger partial charge in [0.05, 0.1) is 4.92 Å². The summed E-state index contributed by atoms with van der Waals surface area (Å²) in [5.41, 5.74) is 4.09. The quantitative estimate of drug-likeness (QED) is 0.465. The molecule has 0 saturated carbocycles. The van der Waals surface area contributed by atoms with Crippen molar-refractivity contribution in [1.82, 2.24) is 10.9 Å². The molecule has 26 heavy (non-hydrogen) atoms. The van der Waals surface area contributed by atoms with Crippen molar-refractivity contribution in [2.24, 2.45) is 0 Å². The number of amides is 2. The van der Waals surface area contributed by atoms with Crippen LogP contribution in [0.2, 0.25) is 0 Å². The smallest absolute Gasteiger partial charge is 0.310 e. The third-order valence-electron chi connectivity index (χ3n) is 3.07. The highest BCUT2D eigenvalue weighted by Crippen LogP contribution is 2.25. The van der Waals surface area contributed by atoms with Gasteiger partial charge in [0.1, 0.15) is 5.82 Å². The fourth-order valence-corrected chi connectivity index (χ4v) is 1.86. The van der Waals surface area contributed by atoms with E-state index < -0.39 is 29.2 Å². The summed E-state index contributed by atoms with van der Waals surface area (Å²) in [5.74, 6) is -1.97. The highest BCUT2D eigenvalue weighted by molar-refractivity contribution is 5.93. The van der Waals surface area contributed by atoms with Gasteiger partial charge in [0.25, 0.3) is 11.8 Å². The van der Waals surface area contributed by atoms with E-state index in [-0.39, 0.29) is 17.0 Å². The maximum Gasteiger partial charge on any atom is 0.310 e. The van der Waals surface area contributed by atoms with Crippen LogP contribution in [-0.4, -0.2) is 23.3 Å². The first-order valence-electron chi connectivity index (χ1n) is 7.35. The Balaban J connectivity index is 1.81. The molecule has 0 aliphatic rings. The molecule has 0 radical (unpaired) electrons. The zero-order valence-electron chi connectivity index (χ0n) is 13.3. The molecular formula is C17H14FN3O5. The Labute approximate surface area is 147 Å². The van der Waals surface area contributed by atoms with Crippen LogP contribution < -0.4 is 15.6 Å². The molecule has 2 amide bonds. The summed E-state index contributed by atoms with van der Waals surface area (Å²) in [6.07, 6.45) is 2.29. The second-order valence-corrected chi connectivity index (χ2v) is 4.91. The van der Waals surface area contributed by atoms with E-state index in [0.717, 1.165) is 6.08 Å². The zero-order chi connectivity index (χ0) is 18.9. The molecule has 0 bridgehead atoms. The zero-order valence-corrected chi connectivity index (χ0v) is 13.3. The SMILES string of the molecule is O=C(/C=C/c1ccccc1F)NNC(=O)COc1ccccc1[N+](=O)[O-]. The predicted octanol–water partition coefficient (Wildman–Crippen LogP) is 1.97. The summed E-state index contributed by atoms with van der Waals surface area (Å²) in [7, 11) is 0. The molecule has 0 atom stereocenters. The number of benzene rings is 2. The Morgan fingerprint density at radius 2 is 1.81 bits per heavy atom. The molecule has 0 unspecified atom stereocenters. The van der Waals surface area contributed by atoms with Gasteiger partial charge in [-0.25, -0.2) is 4.39 Å². The van der Waals surface area contributed by atoms with Crippen molar-refractivity contribution >= 4 is 23.6 Å². The molecule has 2 aromatic carbocycles. The van der Waals surface area contributed by atoms with E-state index >= 15 is 0 Å². The van der Waals surface area contributed by atoms with Gasteiger partial charge in [-0.3, -0.25) is 30.6 Å². The Morgan fingerprint density at radius 3 is 2.54 bits per heavy atom. The van der Waals surface area contributed by atoms with Gasteiger partial charge in [-0.15, -0.1) is 0 Å². The topological polar surface area (TPSA) is 111 Å². The normalized spacial score (nSPS) is 10.3. The van der Waals surface area contributed by atoms with E-state index in [0.29, 0.717) is 0 Å². The molecule has 0 aliphatic heterocycles. The maximum absolute atomic E-state index is 13.4. The van der Waals surface area contributed by atoms with Crippen molar-refractivity contribution in [3.05, 3.63) is 76.1 Å². The molecule has 0 aliphatic carbocycles. The van der Waals surface area contributed by atoms with Crippen molar-refractivity contribution in [2.75, 3.05) is 6.61 Å². The first-order valence-corrected chi connectivity index (χ1v) is 7.35. The first-order chi connectivity index (χ1) is 12.5. The van der Waals surface area contributed by atoms with Gasteiger partial charge in [0.15, 0.2) is 12.4 Å². The summed E-state index contributed by atoms with van der Waals surface area (Å²) in [6, 6.07) is 11.4. The largest absolute Gasteiger partial charge is 0.477 e. The minimum atomic E-state index is -0.726. The third kappa shape index (κ3) is 5.41. The summed E-state index contributed by atoms with van der Waals surface area (Å²) in [4.78, 5) is 33.4. The molecule has 134 valence electrons. The summed E-state index contributed by atoms with van der Waals surface area (Å²) in [5, 5.41) is 10.8. The maximum atomic E-state index is 13.4. The fraction of sp³-hybridized carbons (Fsp3) is 0.0588. The van der Waals surface area contributed by atoms with E-state index in [9.17, 15) is 24.1 Å². The minimum absolute atomic E-state index is 0.0709. The number of carbonyl (C=O) groups excluding carboxylic acids is 2. The number of halogens is 1. The summed E-state index contributed by atoms with van der Waals surface area (Å²) in [6.45, 7) is -0.540. The molecule has 9 heteroatoms. The van der Waals surface area contributed by atoms with Crippen LogP contribution in [0.15, 0.2) is 54.6 Å². The highest BCUT2D eigenvalue weighted by Gasteiger charge is 2.14. The van der Waals surface area contributed by atoms with Crippen molar-refractivity contribution in [3.63, 3.8) is 0 Å². The number of rotatable bonds is 6. The van der Waals surface area contributed by atoms with E-state index in [2.05, 4.69) is 10.9 Å². The number of ether oxygens (including phenoxy) is 1. The van der Waals surface area contributed by atoms with Crippen LogP contribution in [0.4, 0.5) is 10.1 Å². The fourth-order valence-electron chi connectivity index (χ4n) is 1.86. The molecule has 0 spiro atoms. The van der Waals surface area contributed by atoms with E-state index in [1.54, 1.807) is 6.07 Å². The average molecular weight is 359 g/mol. The molecule has 2 aromatic rings. The highest BCUT2D eigenvalue weighted by atomic mass is 19.1. The van der Waals surface area contributed by atoms with Gasteiger partial charge in [-0.2, -0.15) is 0 Å². The number of para-hydroxylation sites is 2. The lowest BCUT2D eigenvalue weighted by Gasteiger charge is -2.07. The second kappa shape index (κ2) is 8.92. The summed E-state index contributed by atoms with van der Waals surface area (Å²) >= 11 is 0. The Morgan fingerprint density at radius 1 is 1.12 bits per heavy atom. The number of hydrogen-bond acceptors (Lipinski definition) is 5. The van der Waals surface area contributed by atoms with Crippen molar-refractivity contribution < 1.29 is 23.6 Å². The first kappa shape index (κ1) is 18.6. The number of carbonyl (C=O) groups is 2. The van der Waals surface area contributed by atoms with E-state index in [1.165, 1.54) is 48.5 Å². The number of hydrogen-bond donors (Lipinski definition) is 2. The Hall–Kier alpha value is -3.75. The predicted molar refractivity (Wildman–Crippen MR) is 90.3 cm³/mol. The molecule has 0 heterocycles.